The first-order chi connectivity index (χ1) is 8.74. The fraction of sp³-hybridized carbons (Fsp3) is 0.286. The second-order valence-electron chi connectivity index (χ2n) is 4.77. The molecule has 0 spiro atoms. The first kappa shape index (κ1) is 11.0. The van der Waals surface area contributed by atoms with E-state index in [0.717, 1.165) is 24.1 Å². The van der Waals surface area contributed by atoms with E-state index in [1.807, 2.05) is 31.2 Å². The van der Waals surface area contributed by atoms with Crippen LogP contribution in [-0.2, 0) is 0 Å². The molecule has 1 aromatic heterocycles. The van der Waals surface area contributed by atoms with Crippen molar-refractivity contribution in [1.29, 1.82) is 0 Å². The molecule has 4 heteroatoms. The molecule has 1 fully saturated rings. The molecule has 0 bridgehead atoms. The predicted molar refractivity (Wildman–Crippen MR) is 69.2 cm³/mol. The van der Waals surface area contributed by atoms with Crippen molar-refractivity contribution in [3.05, 3.63) is 41.6 Å². The zero-order valence-corrected chi connectivity index (χ0v) is 10.2. The summed E-state index contributed by atoms with van der Waals surface area (Å²) in [5, 5.41) is 9.87. The number of rotatable bonds is 3. The van der Waals surface area contributed by atoms with Crippen molar-refractivity contribution in [3.8, 4) is 11.3 Å². The number of benzene rings is 1. The highest BCUT2D eigenvalue weighted by molar-refractivity contribution is 6.00. The lowest BCUT2D eigenvalue weighted by atomic mass is 10.1. The molecule has 4 nitrogen and oxygen atoms in total. The number of aromatic amines is 1. The van der Waals surface area contributed by atoms with Crippen LogP contribution in [0.4, 0.5) is 0 Å². The third-order valence-electron chi connectivity index (χ3n) is 3.14. The van der Waals surface area contributed by atoms with E-state index in [0.29, 0.717) is 11.6 Å². The summed E-state index contributed by atoms with van der Waals surface area (Å²) in [6.07, 6.45) is 3.76. The number of nitrogens with one attached hydrogen (secondary N) is 2. The van der Waals surface area contributed by atoms with Gasteiger partial charge >= 0.3 is 0 Å². The van der Waals surface area contributed by atoms with Crippen LogP contribution in [0.25, 0.3) is 11.3 Å². The second kappa shape index (κ2) is 4.29. The molecule has 0 unspecified atom stereocenters. The Bertz CT molecular complexity index is 567. The Morgan fingerprint density at radius 1 is 1.33 bits per heavy atom. The highest BCUT2D eigenvalue weighted by Crippen LogP contribution is 2.23. The largest absolute Gasteiger partial charge is 0.349 e. The van der Waals surface area contributed by atoms with Gasteiger partial charge in [0.25, 0.3) is 5.91 Å². The minimum absolute atomic E-state index is 0.0400. The normalized spacial score (nSPS) is 14.5. The van der Waals surface area contributed by atoms with Crippen molar-refractivity contribution in [2.45, 2.75) is 25.8 Å². The molecule has 0 radical (unpaired) electrons. The molecule has 1 heterocycles. The zero-order chi connectivity index (χ0) is 12.5. The van der Waals surface area contributed by atoms with Crippen LogP contribution in [0.5, 0.6) is 0 Å². The summed E-state index contributed by atoms with van der Waals surface area (Å²) in [5.74, 6) is -0.0400. The van der Waals surface area contributed by atoms with Crippen molar-refractivity contribution in [3.63, 3.8) is 0 Å². The number of amides is 1. The lowest BCUT2D eigenvalue weighted by molar-refractivity contribution is 0.0952. The molecule has 92 valence electrons. The Labute approximate surface area is 105 Å². The fourth-order valence-electron chi connectivity index (χ4n) is 1.89. The molecule has 1 aliphatic rings. The molecular weight excluding hydrogens is 226 g/mol. The number of nitrogens with zero attached hydrogens (tertiary/aromatic N) is 1. The molecule has 2 aromatic rings. The quantitative estimate of drug-likeness (QED) is 0.866. The smallest absolute Gasteiger partial charge is 0.255 e. The first-order valence-electron chi connectivity index (χ1n) is 6.15. The Balaban J connectivity index is 1.90. The van der Waals surface area contributed by atoms with Crippen LogP contribution in [0.3, 0.4) is 0 Å². The van der Waals surface area contributed by atoms with Crippen molar-refractivity contribution >= 4 is 5.91 Å². The molecule has 18 heavy (non-hydrogen) atoms. The summed E-state index contributed by atoms with van der Waals surface area (Å²) >= 11 is 0. The summed E-state index contributed by atoms with van der Waals surface area (Å²) in [7, 11) is 0. The summed E-state index contributed by atoms with van der Waals surface area (Å²) in [5.41, 5.74) is 3.58. The van der Waals surface area contributed by atoms with Gasteiger partial charge < -0.3 is 5.32 Å². The van der Waals surface area contributed by atoms with E-state index < -0.39 is 0 Å². The highest BCUT2D eigenvalue weighted by atomic mass is 16.1. The lowest BCUT2D eigenvalue weighted by Gasteiger charge is -2.04. The van der Waals surface area contributed by atoms with E-state index in [4.69, 9.17) is 0 Å². The Hall–Kier alpha value is -2.10. The summed E-state index contributed by atoms with van der Waals surface area (Å²) in [4.78, 5) is 12.0. The molecule has 2 N–H and O–H groups in total. The molecule has 0 saturated heterocycles. The van der Waals surface area contributed by atoms with Crippen molar-refractivity contribution in [1.82, 2.24) is 15.5 Å². The Kier molecular flexibility index (Phi) is 2.63. The van der Waals surface area contributed by atoms with Crippen LogP contribution in [0, 0.1) is 6.92 Å². The van der Waals surface area contributed by atoms with E-state index in [-0.39, 0.29) is 5.91 Å². The average Bonchev–Trinajstić information content (AvgIpc) is 3.04. The zero-order valence-electron chi connectivity index (χ0n) is 10.2. The number of hydrogen-bond acceptors (Lipinski definition) is 2. The molecule has 1 amide bonds. The number of aromatic nitrogens is 2. The minimum atomic E-state index is -0.0400. The molecular formula is C14H15N3O. The molecule has 1 saturated carbocycles. The van der Waals surface area contributed by atoms with Gasteiger partial charge in [-0.05, 0) is 19.8 Å². The van der Waals surface area contributed by atoms with Gasteiger partial charge in [0.1, 0.15) is 0 Å². The van der Waals surface area contributed by atoms with Gasteiger partial charge in [0.05, 0.1) is 17.5 Å². The SMILES string of the molecule is Cc1ccc(-c2[nH]ncc2C(=O)NC2CC2)cc1. The third-order valence-corrected chi connectivity index (χ3v) is 3.14. The van der Waals surface area contributed by atoms with Gasteiger partial charge in [-0.15, -0.1) is 0 Å². The second-order valence-corrected chi connectivity index (χ2v) is 4.77. The maximum absolute atomic E-state index is 12.0. The minimum Gasteiger partial charge on any atom is -0.349 e. The number of aryl methyl sites for hydroxylation is 1. The number of carbonyl (C=O) groups is 1. The van der Waals surface area contributed by atoms with E-state index in [1.165, 1.54) is 5.56 Å². The monoisotopic (exact) mass is 241 g/mol. The van der Waals surface area contributed by atoms with Gasteiger partial charge in [-0.25, -0.2) is 0 Å². The third kappa shape index (κ3) is 2.14. The fourth-order valence-corrected chi connectivity index (χ4v) is 1.89. The van der Waals surface area contributed by atoms with E-state index in [9.17, 15) is 4.79 Å². The summed E-state index contributed by atoms with van der Waals surface area (Å²) in [6.45, 7) is 2.04. The van der Waals surface area contributed by atoms with Gasteiger partial charge in [-0.3, -0.25) is 9.89 Å². The molecule has 1 aromatic carbocycles. The van der Waals surface area contributed by atoms with Gasteiger partial charge in [0.2, 0.25) is 0 Å². The molecule has 0 atom stereocenters. The van der Waals surface area contributed by atoms with E-state index in [2.05, 4.69) is 15.5 Å². The van der Waals surface area contributed by atoms with Crippen molar-refractivity contribution < 1.29 is 4.79 Å². The number of carbonyl (C=O) groups excluding carboxylic acids is 1. The van der Waals surface area contributed by atoms with Gasteiger partial charge in [-0.1, -0.05) is 29.8 Å². The summed E-state index contributed by atoms with van der Waals surface area (Å²) < 4.78 is 0. The van der Waals surface area contributed by atoms with Crippen LogP contribution >= 0.6 is 0 Å². The Morgan fingerprint density at radius 2 is 2.06 bits per heavy atom. The predicted octanol–water partition coefficient (Wildman–Crippen LogP) is 2.28. The van der Waals surface area contributed by atoms with Crippen LogP contribution in [-0.4, -0.2) is 22.1 Å². The summed E-state index contributed by atoms with van der Waals surface area (Å²) in [6, 6.07) is 8.41. The topological polar surface area (TPSA) is 57.8 Å². The molecule has 3 rings (SSSR count). The van der Waals surface area contributed by atoms with Crippen LogP contribution in [0.15, 0.2) is 30.5 Å². The van der Waals surface area contributed by atoms with Crippen molar-refractivity contribution in [2.75, 3.05) is 0 Å². The number of hydrogen-bond donors (Lipinski definition) is 2. The van der Waals surface area contributed by atoms with Crippen LogP contribution in [0.2, 0.25) is 0 Å². The van der Waals surface area contributed by atoms with Crippen molar-refractivity contribution in [2.24, 2.45) is 0 Å². The first-order valence-corrected chi connectivity index (χ1v) is 6.15. The number of H-pyrrole nitrogens is 1. The van der Waals surface area contributed by atoms with Gasteiger partial charge in [-0.2, -0.15) is 5.10 Å². The Morgan fingerprint density at radius 3 is 2.72 bits per heavy atom. The van der Waals surface area contributed by atoms with Crippen LogP contribution < -0.4 is 5.32 Å². The maximum Gasteiger partial charge on any atom is 0.255 e. The highest BCUT2D eigenvalue weighted by Gasteiger charge is 2.25. The van der Waals surface area contributed by atoms with Gasteiger partial charge in [0.15, 0.2) is 0 Å². The average molecular weight is 241 g/mol. The van der Waals surface area contributed by atoms with Gasteiger partial charge in [0, 0.05) is 11.6 Å². The molecule has 0 aliphatic heterocycles. The maximum atomic E-state index is 12.0. The molecule has 1 aliphatic carbocycles. The van der Waals surface area contributed by atoms with E-state index >= 15 is 0 Å². The standard InChI is InChI=1S/C14H15N3O/c1-9-2-4-10(5-3-9)13-12(8-15-17-13)14(18)16-11-6-7-11/h2-5,8,11H,6-7H2,1H3,(H,15,17)(H,16,18). The lowest BCUT2D eigenvalue weighted by Crippen LogP contribution is -2.25. The van der Waals surface area contributed by atoms with E-state index in [1.54, 1.807) is 6.20 Å². The van der Waals surface area contributed by atoms with Crippen LogP contribution in [0.1, 0.15) is 28.8 Å².